The van der Waals surface area contributed by atoms with E-state index in [0.29, 0.717) is 0 Å². The number of benzene rings is 1. The maximum absolute atomic E-state index is 10.5. The lowest BCUT2D eigenvalue weighted by molar-refractivity contribution is -0.131. The number of carbonyl (C=O) groups is 1. The monoisotopic (exact) mass is 282 g/mol. The summed E-state index contributed by atoms with van der Waals surface area (Å²) in [4.78, 5) is 17.0. The SMILES string of the molecule is CCN(c1cccc(C)c1)c1ccc(/C=C/C(=O)O)cn1. The predicted octanol–water partition coefficient (Wildman–Crippen LogP) is 3.65. The molecule has 0 saturated heterocycles. The zero-order valence-electron chi connectivity index (χ0n) is 12.2. The summed E-state index contributed by atoms with van der Waals surface area (Å²) in [6, 6.07) is 12.0. The van der Waals surface area contributed by atoms with Gasteiger partial charge in [0.1, 0.15) is 5.82 Å². The third-order valence-corrected chi connectivity index (χ3v) is 3.10. The van der Waals surface area contributed by atoms with E-state index in [9.17, 15) is 4.79 Å². The number of hydrogen-bond donors (Lipinski definition) is 1. The van der Waals surface area contributed by atoms with Gasteiger partial charge in [0.05, 0.1) is 0 Å². The summed E-state index contributed by atoms with van der Waals surface area (Å²) in [6.07, 6.45) is 4.31. The Labute approximate surface area is 124 Å². The summed E-state index contributed by atoms with van der Waals surface area (Å²) < 4.78 is 0. The molecular formula is C17H18N2O2. The van der Waals surface area contributed by atoms with Crippen molar-refractivity contribution in [3.05, 3.63) is 59.8 Å². The molecule has 0 bridgehead atoms. The summed E-state index contributed by atoms with van der Waals surface area (Å²) >= 11 is 0. The molecule has 4 nitrogen and oxygen atoms in total. The quantitative estimate of drug-likeness (QED) is 0.851. The lowest BCUT2D eigenvalue weighted by Gasteiger charge is -2.22. The van der Waals surface area contributed by atoms with Crippen molar-refractivity contribution in [2.24, 2.45) is 0 Å². The molecule has 4 heteroatoms. The number of carboxylic acid groups (broad SMARTS) is 1. The molecule has 108 valence electrons. The molecule has 1 heterocycles. The van der Waals surface area contributed by atoms with Gasteiger partial charge in [0, 0.05) is 24.5 Å². The van der Waals surface area contributed by atoms with Gasteiger partial charge in [-0.05, 0) is 55.3 Å². The molecule has 1 N–H and O–H groups in total. The van der Waals surface area contributed by atoms with E-state index in [-0.39, 0.29) is 0 Å². The molecule has 1 aromatic heterocycles. The highest BCUT2D eigenvalue weighted by Crippen LogP contribution is 2.24. The largest absolute Gasteiger partial charge is 0.478 e. The number of aromatic nitrogens is 1. The Morgan fingerprint density at radius 2 is 2.14 bits per heavy atom. The Morgan fingerprint density at radius 3 is 2.71 bits per heavy atom. The van der Waals surface area contributed by atoms with Crippen molar-refractivity contribution < 1.29 is 9.90 Å². The van der Waals surface area contributed by atoms with Crippen LogP contribution >= 0.6 is 0 Å². The minimum Gasteiger partial charge on any atom is -0.478 e. The van der Waals surface area contributed by atoms with Crippen LogP contribution < -0.4 is 4.90 Å². The molecule has 2 rings (SSSR count). The fourth-order valence-corrected chi connectivity index (χ4v) is 2.10. The van der Waals surface area contributed by atoms with Crippen LogP contribution in [0.4, 0.5) is 11.5 Å². The zero-order chi connectivity index (χ0) is 15.2. The molecule has 0 aliphatic rings. The fourth-order valence-electron chi connectivity index (χ4n) is 2.10. The molecule has 2 aromatic rings. The number of nitrogens with zero attached hydrogens (tertiary/aromatic N) is 2. The van der Waals surface area contributed by atoms with Crippen LogP contribution in [0.25, 0.3) is 6.08 Å². The Balaban J connectivity index is 2.25. The second-order valence-electron chi connectivity index (χ2n) is 4.70. The average Bonchev–Trinajstić information content (AvgIpc) is 2.47. The maximum atomic E-state index is 10.5. The van der Waals surface area contributed by atoms with Crippen molar-refractivity contribution in [3.8, 4) is 0 Å². The number of aliphatic carboxylic acids is 1. The minimum atomic E-state index is -0.964. The third kappa shape index (κ3) is 3.92. The molecule has 0 unspecified atom stereocenters. The standard InChI is InChI=1S/C17H18N2O2/c1-3-19(15-6-4-5-13(2)11-15)16-9-7-14(12-18-16)8-10-17(20)21/h4-12H,3H2,1-2H3,(H,20,21)/b10-8+. The molecule has 0 amide bonds. The summed E-state index contributed by atoms with van der Waals surface area (Å²) in [6.45, 7) is 4.94. The van der Waals surface area contributed by atoms with Gasteiger partial charge in [0.15, 0.2) is 0 Å². The van der Waals surface area contributed by atoms with Gasteiger partial charge in [-0.25, -0.2) is 9.78 Å². The van der Waals surface area contributed by atoms with Crippen LogP contribution in [0.2, 0.25) is 0 Å². The van der Waals surface area contributed by atoms with Crippen LogP contribution in [0.15, 0.2) is 48.7 Å². The molecule has 0 radical (unpaired) electrons. The molecule has 0 aliphatic heterocycles. The van der Waals surface area contributed by atoms with Crippen molar-refractivity contribution in [3.63, 3.8) is 0 Å². The Hall–Kier alpha value is -2.62. The second-order valence-corrected chi connectivity index (χ2v) is 4.70. The van der Waals surface area contributed by atoms with E-state index in [1.807, 2.05) is 18.2 Å². The Bertz CT molecular complexity index is 648. The van der Waals surface area contributed by atoms with E-state index in [2.05, 4.69) is 41.9 Å². The number of pyridine rings is 1. The summed E-state index contributed by atoms with van der Waals surface area (Å²) in [5, 5.41) is 8.61. The van der Waals surface area contributed by atoms with Gasteiger partial charge in [-0.15, -0.1) is 0 Å². The predicted molar refractivity (Wildman–Crippen MR) is 84.8 cm³/mol. The van der Waals surface area contributed by atoms with Crippen molar-refractivity contribution in [1.29, 1.82) is 0 Å². The maximum Gasteiger partial charge on any atom is 0.328 e. The van der Waals surface area contributed by atoms with Gasteiger partial charge >= 0.3 is 5.97 Å². The Morgan fingerprint density at radius 1 is 1.33 bits per heavy atom. The second kappa shape index (κ2) is 6.70. The summed E-state index contributed by atoms with van der Waals surface area (Å²) in [7, 11) is 0. The van der Waals surface area contributed by atoms with Gasteiger partial charge in [-0.3, -0.25) is 0 Å². The molecular weight excluding hydrogens is 264 g/mol. The Kier molecular flexibility index (Phi) is 4.72. The van der Waals surface area contributed by atoms with Crippen LogP contribution in [0, 0.1) is 6.92 Å². The average molecular weight is 282 g/mol. The number of carboxylic acids is 1. The van der Waals surface area contributed by atoms with Gasteiger partial charge in [0.2, 0.25) is 0 Å². The number of anilines is 2. The zero-order valence-corrected chi connectivity index (χ0v) is 12.2. The van der Waals surface area contributed by atoms with Crippen LogP contribution in [-0.4, -0.2) is 22.6 Å². The van der Waals surface area contributed by atoms with E-state index in [1.165, 1.54) is 11.6 Å². The van der Waals surface area contributed by atoms with Gasteiger partial charge < -0.3 is 10.0 Å². The highest BCUT2D eigenvalue weighted by molar-refractivity contribution is 5.85. The first-order valence-electron chi connectivity index (χ1n) is 6.81. The molecule has 0 fully saturated rings. The van der Waals surface area contributed by atoms with Gasteiger partial charge in [0.25, 0.3) is 0 Å². The number of rotatable bonds is 5. The summed E-state index contributed by atoms with van der Waals surface area (Å²) in [5.74, 6) is -0.121. The van der Waals surface area contributed by atoms with Crippen molar-refractivity contribution >= 4 is 23.6 Å². The number of aryl methyl sites for hydroxylation is 1. The first kappa shape index (κ1) is 14.8. The lowest BCUT2D eigenvalue weighted by atomic mass is 10.2. The smallest absolute Gasteiger partial charge is 0.328 e. The van der Waals surface area contributed by atoms with E-state index < -0.39 is 5.97 Å². The highest BCUT2D eigenvalue weighted by Gasteiger charge is 2.08. The minimum absolute atomic E-state index is 0.765. The third-order valence-electron chi connectivity index (χ3n) is 3.10. The van der Waals surface area contributed by atoms with E-state index in [4.69, 9.17) is 5.11 Å². The highest BCUT2D eigenvalue weighted by atomic mass is 16.4. The normalized spacial score (nSPS) is 10.8. The van der Waals surface area contributed by atoms with Gasteiger partial charge in [-0.1, -0.05) is 12.1 Å². The van der Waals surface area contributed by atoms with Crippen molar-refractivity contribution in [1.82, 2.24) is 4.98 Å². The topological polar surface area (TPSA) is 53.4 Å². The van der Waals surface area contributed by atoms with E-state index in [1.54, 1.807) is 6.20 Å². The van der Waals surface area contributed by atoms with E-state index >= 15 is 0 Å². The van der Waals surface area contributed by atoms with E-state index in [0.717, 1.165) is 29.7 Å². The molecule has 0 aliphatic carbocycles. The number of hydrogen-bond acceptors (Lipinski definition) is 3. The fraction of sp³-hybridized carbons (Fsp3) is 0.176. The van der Waals surface area contributed by atoms with Crippen LogP contribution in [0.3, 0.4) is 0 Å². The first-order valence-corrected chi connectivity index (χ1v) is 6.81. The molecule has 1 aromatic carbocycles. The molecule has 0 saturated carbocycles. The molecule has 0 spiro atoms. The van der Waals surface area contributed by atoms with Crippen LogP contribution in [0.5, 0.6) is 0 Å². The van der Waals surface area contributed by atoms with Crippen molar-refractivity contribution in [2.75, 3.05) is 11.4 Å². The molecule has 0 atom stereocenters. The molecule has 21 heavy (non-hydrogen) atoms. The first-order chi connectivity index (χ1) is 10.1. The summed E-state index contributed by atoms with van der Waals surface area (Å²) in [5.41, 5.74) is 3.06. The lowest BCUT2D eigenvalue weighted by Crippen LogP contribution is -2.17. The van der Waals surface area contributed by atoms with Gasteiger partial charge in [-0.2, -0.15) is 0 Å². The van der Waals surface area contributed by atoms with Crippen molar-refractivity contribution in [2.45, 2.75) is 13.8 Å². The van der Waals surface area contributed by atoms with Crippen LogP contribution in [-0.2, 0) is 4.79 Å². The van der Waals surface area contributed by atoms with Crippen LogP contribution in [0.1, 0.15) is 18.1 Å².